The van der Waals surface area contributed by atoms with E-state index in [0.29, 0.717) is 0 Å². The van der Waals surface area contributed by atoms with Gasteiger partial charge in [0.2, 0.25) is 5.91 Å². The van der Waals surface area contributed by atoms with Gasteiger partial charge in [-0.05, 0) is 16.7 Å². The van der Waals surface area contributed by atoms with Crippen LogP contribution in [0.3, 0.4) is 0 Å². The highest BCUT2D eigenvalue weighted by Gasteiger charge is 2.46. The Bertz CT molecular complexity index is 966. The summed E-state index contributed by atoms with van der Waals surface area (Å²) in [5, 5.41) is 34.1. The van der Waals surface area contributed by atoms with Crippen molar-refractivity contribution in [1.82, 2.24) is 5.32 Å². The largest absolute Gasteiger partial charge is 0.388 e. The standard InChI is InChI=1S/C27H29NO6/c1-18(29)28-23-25(31)24(30)22(34-26(23)32)17-33-27(19-11-5-2-6-12-19,20-13-7-3-8-14-20)21-15-9-4-10-16-21/h2-16,22-26,30-32H,17H2,1H3,(H,28,29)/t22-,23+,24-,25-,26+/m1/s1. The molecule has 7 heteroatoms. The number of ether oxygens (including phenoxy) is 2. The second kappa shape index (κ2) is 10.5. The molecule has 7 nitrogen and oxygen atoms in total. The predicted molar refractivity (Wildman–Crippen MR) is 126 cm³/mol. The van der Waals surface area contributed by atoms with E-state index in [9.17, 15) is 20.1 Å². The summed E-state index contributed by atoms with van der Waals surface area (Å²) in [6.45, 7) is 1.12. The molecule has 1 fully saturated rings. The van der Waals surface area contributed by atoms with Crippen LogP contribution in [0, 0.1) is 0 Å². The lowest BCUT2D eigenvalue weighted by molar-refractivity contribution is -0.261. The van der Waals surface area contributed by atoms with Crippen LogP contribution in [0.25, 0.3) is 0 Å². The van der Waals surface area contributed by atoms with E-state index in [1.54, 1.807) is 0 Å². The number of nitrogens with one attached hydrogen (secondary N) is 1. The van der Waals surface area contributed by atoms with Gasteiger partial charge in [-0.3, -0.25) is 4.79 Å². The molecule has 1 amide bonds. The second-order valence-electron chi connectivity index (χ2n) is 8.36. The molecule has 4 rings (SSSR count). The van der Waals surface area contributed by atoms with Gasteiger partial charge in [0.1, 0.15) is 30.0 Å². The first-order valence-corrected chi connectivity index (χ1v) is 11.2. The van der Waals surface area contributed by atoms with Gasteiger partial charge in [-0.15, -0.1) is 0 Å². The summed E-state index contributed by atoms with van der Waals surface area (Å²) in [4.78, 5) is 11.4. The van der Waals surface area contributed by atoms with Crippen LogP contribution < -0.4 is 5.32 Å². The summed E-state index contributed by atoms with van der Waals surface area (Å²) in [5.74, 6) is -0.454. The lowest BCUT2D eigenvalue weighted by Gasteiger charge is -2.43. The van der Waals surface area contributed by atoms with Gasteiger partial charge in [-0.25, -0.2) is 0 Å². The molecule has 4 N–H and O–H groups in total. The molecule has 0 spiro atoms. The maximum atomic E-state index is 11.4. The van der Waals surface area contributed by atoms with E-state index in [1.165, 1.54) is 6.92 Å². The Morgan fingerprint density at radius 1 is 0.824 bits per heavy atom. The van der Waals surface area contributed by atoms with E-state index in [-0.39, 0.29) is 6.61 Å². The van der Waals surface area contributed by atoms with Gasteiger partial charge in [0.15, 0.2) is 6.29 Å². The van der Waals surface area contributed by atoms with Crippen LogP contribution >= 0.6 is 0 Å². The molecule has 3 aromatic carbocycles. The molecule has 0 radical (unpaired) electrons. The molecule has 34 heavy (non-hydrogen) atoms. The van der Waals surface area contributed by atoms with Gasteiger partial charge in [-0.2, -0.15) is 0 Å². The molecule has 0 aliphatic carbocycles. The number of carbonyl (C=O) groups excluding carboxylic acids is 1. The van der Waals surface area contributed by atoms with Gasteiger partial charge < -0.3 is 30.1 Å². The molecular weight excluding hydrogens is 434 g/mol. The molecule has 0 saturated carbocycles. The summed E-state index contributed by atoms with van der Waals surface area (Å²) in [5.41, 5.74) is 1.57. The topological polar surface area (TPSA) is 108 Å². The Kier molecular flexibility index (Phi) is 7.41. The van der Waals surface area contributed by atoms with Gasteiger partial charge >= 0.3 is 0 Å². The summed E-state index contributed by atoms with van der Waals surface area (Å²) < 4.78 is 12.2. The number of rotatable bonds is 7. The van der Waals surface area contributed by atoms with Crippen LogP contribution in [0.1, 0.15) is 23.6 Å². The third kappa shape index (κ3) is 4.75. The highest BCUT2D eigenvalue weighted by atomic mass is 16.6. The van der Waals surface area contributed by atoms with Crippen molar-refractivity contribution in [3.8, 4) is 0 Å². The van der Waals surface area contributed by atoms with Crippen molar-refractivity contribution in [3.05, 3.63) is 108 Å². The van der Waals surface area contributed by atoms with Gasteiger partial charge in [-0.1, -0.05) is 91.0 Å². The SMILES string of the molecule is CC(=O)N[C@H]1[C@@H](O)[C@H](O)[C@@H](COC(c2ccccc2)(c2ccccc2)c2ccccc2)O[C@@H]1O. The van der Waals surface area contributed by atoms with Crippen molar-refractivity contribution in [2.45, 2.75) is 43.2 Å². The number of benzene rings is 3. The van der Waals surface area contributed by atoms with E-state index >= 15 is 0 Å². The van der Waals surface area contributed by atoms with Crippen LogP contribution in [0.2, 0.25) is 0 Å². The highest BCUT2D eigenvalue weighted by Crippen LogP contribution is 2.41. The summed E-state index contributed by atoms with van der Waals surface area (Å²) in [6.07, 6.45) is -5.36. The van der Waals surface area contributed by atoms with E-state index in [0.717, 1.165) is 16.7 Å². The molecule has 0 aromatic heterocycles. The maximum absolute atomic E-state index is 11.4. The molecule has 0 bridgehead atoms. The molecule has 1 aliphatic rings. The second-order valence-corrected chi connectivity index (χ2v) is 8.36. The molecule has 0 unspecified atom stereocenters. The molecule has 178 valence electrons. The number of hydrogen-bond donors (Lipinski definition) is 4. The fourth-order valence-corrected chi connectivity index (χ4v) is 4.45. The molecule has 1 heterocycles. The lowest BCUT2D eigenvalue weighted by Crippen LogP contribution is -2.64. The zero-order valence-corrected chi connectivity index (χ0v) is 18.8. The Morgan fingerprint density at radius 2 is 1.26 bits per heavy atom. The van der Waals surface area contributed by atoms with E-state index < -0.39 is 42.2 Å². The third-order valence-corrected chi connectivity index (χ3v) is 6.10. The average Bonchev–Trinajstić information content (AvgIpc) is 2.87. The van der Waals surface area contributed by atoms with Crippen molar-refractivity contribution in [2.75, 3.05) is 6.61 Å². The Labute approximate surface area is 198 Å². The third-order valence-electron chi connectivity index (χ3n) is 6.10. The number of aliphatic hydroxyl groups is 3. The Hall–Kier alpha value is -3.07. The van der Waals surface area contributed by atoms with Crippen molar-refractivity contribution in [3.63, 3.8) is 0 Å². The van der Waals surface area contributed by atoms with E-state index in [4.69, 9.17) is 9.47 Å². The first-order chi connectivity index (χ1) is 16.4. The molecule has 5 atom stereocenters. The Morgan fingerprint density at radius 3 is 1.68 bits per heavy atom. The van der Waals surface area contributed by atoms with Gasteiger partial charge in [0.05, 0.1) is 6.61 Å². The zero-order valence-electron chi connectivity index (χ0n) is 18.8. The predicted octanol–water partition coefficient (Wildman–Crippen LogP) is 1.94. The smallest absolute Gasteiger partial charge is 0.217 e. The van der Waals surface area contributed by atoms with Crippen LogP contribution in [0.5, 0.6) is 0 Å². The molecule has 3 aromatic rings. The zero-order chi connectivity index (χ0) is 24.1. The maximum Gasteiger partial charge on any atom is 0.217 e. The number of amides is 1. The monoisotopic (exact) mass is 463 g/mol. The molecule has 1 saturated heterocycles. The minimum Gasteiger partial charge on any atom is -0.388 e. The number of aliphatic hydroxyl groups excluding tert-OH is 3. The minimum atomic E-state index is -1.50. The lowest BCUT2D eigenvalue weighted by atomic mass is 9.80. The van der Waals surface area contributed by atoms with Crippen molar-refractivity contribution in [1.29, 1.82) is 0 Å². The molecular formula is C27H29NO6. The first kappa shape index (κ1) is 24.1. The van der Waals surface area contributed by atoms with Crippen LogP contribution in [0.4, 0.5) is 0 Å². The van der Waals surface area contributed by atoms with Gasteiger partial charge in [0, 0.05) is 6.92 Å². The summed E-state index contributed by atoms with van der Waals surface area (Å²) in [6, 6.07) is 28.0. The van der Waals surface area contributed by atoms with Crippen molar-refractivity contribution >= 4 is 5.91 Å². The van der Waals surface area contributed by atoms with Crippen molar-refractivity contribution < 1.29 is 29.6 Å². The van der Waals surface area contributed by atoms with Gasteiger partial charge in [0.25, 0.3) is 0 Å². The van der Waals surface area contributed by atoms with E-state index in [2.05, 4.69) is 5.32 Å². The minimum absolute atomic E-state index is 0.138. The number of carbonyl (C=O) groups is 1. The van der Waals surface area contributed by atoms with E-state index in [1.807, 2.05) is 91.0 Å². The van der Waals surface area contributed by atoms with Crippen LogP contribution in [-0.2, 0) is 19.9 Å². The summed E-state index contributed by atoms with van der Waals surface area (Å²) in [7, 11) is 0. The summed E-state index contributed by atoms with van der Waals surface area (Å²) >= 11 is 0. The number of hydrogen-bond acceptors (Lipinski definition) is 6. The normalized spacial score (nSPS) is 25.0. The highest BCUT2D eigenvalue weighted by molar-refractivity contribution is 5.73. The fraction of sp³-hybridized carbons (Fsp3) is 0.296. The van der Waals surface area contributed by atoms with Crippen LogP contribution in [-0.4, -0.2) is 58.5 Å². The van der Waals surface area contributed by atoms with Crippen molar-refractivity contribution in [2.24, 2.45) is 0 Å². The quantitative estimate of drug-likeness (QED) is 0.399. The average molecular weight is 464 g/mol. The first-order valence-electron chi connectivity index (χ1n) is 11.2. The molecule has 1 aliphatic heterocycles. The van der Waals surface area contributed by atoms with Crippen LogP contribution in [0.15, 0.2) is 91.0 Å². The fourth-order valence-electron chi connectivity index (χ4n) is 4.45. The Balaban J connectivity index is 1.71.